The fraction of sp³-hybridized carbons (Fsp3) is 0.0909. The Kier molecular flexibility index (Phi) is 4.19. The smallest absolute Gasteiger partial charge is 0.180 e. The van der Waals surface area contributed by atoms with E-state index in [1.807, 2.05) is 0 Å². The van der Waals surface area contributed by atoms with Crippen LogP contribution in [0.15, 0.2) is 11.6 Å². The number of rotatable bonds is 2. The van der Waals surface area contributed by atoms with Crippen molar-refractivity contribution in [3.8, 4) is 12.1 Å². The van der Waals surface area contributed by atoms with Crippen LogP contribution in [0.2, 0.25) is 5.02 Å². The molecule has 1 aromatic rings. The van der Waals surface area contributed by atoms with E-state index in [4.69, 9.17) is 22.1 Å². The number of nitrogens with zero attached hydrogens (tertiary/aromatic N) is 2. The van der Waals surface area contributed by atoms with E-state index in [2.05, 4.69) is 4.74 Å². The molecule has 0 aliphatic carbocycles. The maximum atomic E-state index is 13.6. The molecule has 0 aliphatic heterocycles. The summed E-state index contributed by atoms with van der Waals surface area (Å²) in [5.41, 5.74) is -1.18. The molecule has 0 heterocycles. The van der Waals surface area contributed by atoms with Crippen molar-refractivity contribution in [1.29, 1.82) is 10.5 Å². The van der Waals surface area contributed by atoms with Crippen molar-refractivity contribution >= 4 is 17.4 Å². The highest BCUT2D eigenvalue weighted by Crippen LogP contribution is 2.30. The summed E-state index contributed by atoms with van der Waals surface area (Å²) in [6.45, 7) is 0. The minimum absolute atomic E-state index is 0.462. The van der Waals surface area contributed by atoms with Crippen LogP contribution >= 0.6 is 11.6 Å². The van der Waals surface area contributed by atoms with Gasteiger partial charge in [0.1, 0.15) is 17.2 Å². The molecular weight excluding hydrogens is 269 g/mol. The summed E-state index contributed by atoms with van der Waals surface area (Å²) in [4.78, 5) is 0. The van der Waals surface area contributed by atoms with Crippen LogP contribution < -0.4 is 0 Å². The van der Waals surface area contributed by atoms with Gasteiger partial charge in [-0.1, -0.05) is 11.6 Å². The molecule has 92 valence electrons. The third-order valence-electron chi connectivity index (χ3n) is 2.00. The lowest BCUT2D eigenvalue weighted by atomic mass is 10.1. The van der Waals surface area contributed by atoms with Gasteiger partial charge in [-0.2, -0.15) is 10.5 Å². The van der Waals surface area contributed by atoms with E-state index < -0.39 is 39.4 Å². The quantitative estimate of drug-likeness (QED) is 0.360. The first-order valence-corrected chi connectivity index (χ1v) is 4.77. The maximum Gasteiger partial charge on any atom is 0.180 e. The molecule has 1 rings (SSSR count). The van der Waals surface area contributed by atoms with Crippen LogP contribution in [0.5, 0.6) is 0 Å². The Morgan fingerprint density at radius 1 is 1.22 bits per heavy atom. The molecule has 0 saturated carbocycles. The van der Waals surface area contributed by atoms with Crippen molar-refractivity contribution in [3.63, 3.8) is 0 Å². The first-order chi connectivity index (χ1) is 8.47. The van der Waals surface area contributed by atoms with Crippen LogP contribution in [-0.2, 0) is 4.74 Å². The van der Waals surface area contributed by atoms with E-state index >= 15 is 0 Å². The number of ether oxygens (including phenoxy) is 1. The van der Waals surface area contributed by atoms with E-state index in [-0.39, 0.29) is 0 Å². The van der Waals surface area contributed by atoms with Crippen LogP contribution in [0.3, 0.4) is 0 Å². The number of benzene rings is 1. The lowest BCUT2D eigenvalue weighted by Gasteiger charge is -2.09. The molecule has 0 saturated heterocycles. The predicted molar refractivity (Wildman–Crippen MR) is 56.5 cm³/mol. The summed E-state index contributed by atoms with van der Waals surface area (Å²) in [5, 5.41) is 16.2. The molecule has 0 aromatic heterocycles. The summed E-state index contributed by atoms with van der Waals surface area (Å²) < 4.78 is 44.4. The molecule has 3 nitrogen and oxygen atoms in total. The number of allylic oxidation sites excluding steroid dienone is 1. The zero-order valence-corrected chi connectivity index (χ0v) is 9.65. The Balaban J connectivity index is 3.67. The van der Waals surface area contributed by atoms with E-state index in [1.165, 1.54) is 12.1 Å². The Morgan fingerprint density at radius 2 is 1.78 bits per heavy atom. The second-order valence-electron chi connectivity index (χ2n) is 2.98. The highest BCUT2D eigenvalue weighted by molar-refractivity contribution is 6.31. The van der Waals surface area contributed by atoms with E-state index in [0.717, 1.165) is 7.11 Å². The second-order valence-corrected chi connectivity index (χ2v) is 3.36. The van der Waals surface area contributed by atoms with E-state index in [0.29, 0.717) is 6.07 Å². The predicted octanol–water partition coefficient (Wildman–Crippen LogP) is 3.16. The van der Waals surface area contributed by atoms with Gasteiger partial charge in [0, 0.05) is 0 Å². The normalized spacial score (nSPS) is 9.28. The van der Waals surface area contributed by atoms with Crippen molar-refractivity contribution in [1.82, 2.24) is 0 Å². The molecule has 18 heavy (non-hydrogen) atoms. The number of hydrogen-bond donors (Lipinski definition) is 0. The first kappa shape index (κ1) is 13.9. The standard InChI is InChI=1S/C11H4ClF3N2O/c1-18-11(5(3-16)4-17)6-2-7(13)10(15)8(12)9(6)14/h2H,1H3. The van der Waals surface area contributed by atoms with Gasteiger partial charge in [-0.25, -0.2) is 13.2 Å². The van der Waals surface area contributed by atoms with Crippen LogP contribution in [0.25, 0.3) is 5.76 Å². The Morgan fingerprint density at radius 3 is 2.22 bits per heavy atom. The summed E-state index contributed by atoms with van der Waals surface area (Å²) >= 11 is 5.25. The zero-order valence-electron chi connectivity index (χ0n) is 8.89. The zero-order chi connectivity index (χ0) is 13.9. The topological polar surface area (TPSA) is 56.8 Å². The average Bonchev–Trinajstić information content (AvgIpc) is 2.38. The monoisotopic (exact) mass is 272 g/mol. The SMILES string of the molecule is COC(=C(C#N)C#N)c1cc(F)c(F)c(Cl)c1F. The summed E-state index contributed by atoms with van der Waals surface area (Å²) in [5.74, 6) is -4.79. The van der Waals surface area contributed by atoms with Gasteiger partial charge in [-0.05, 0) is 6.07 Å². The van der Waals surface area contributed by atoms with Crippen molar-refractivity contribution in [2.75, 3.05) is 7.11 Å². The van der Waals surface area contributed by atoms with E-state index in [9.17, 15) is 13.2 Å². The van der Waals surface area contributed by atoms with Crippen LogP contribution in [0.4, 0.5) is 13.2 Å². The molecule has 1 aromatic carbocycles. The molecule has 0 radical (unpaired) electrons. The summed E-state index contributed by atoms with van der Waals surface area (Å²) in [7, 11) is 1.05. The Labute approximate surface area is 105 Å². The van der Waals surface area contributed by atoms with Crippen molar-refractivity contribution in [3.05, 3.63) is 39.7 Å². The molecule has 0 bridgehead atoms. The third kappa shape index (κ3) is 2.24. The highest BCUT2D eigenvalue weighted by Gasteiger charge is 2.22. The Hall–Kier alpha value is -2.18. The van der Waals surface area contributed by atoms with Crippen molar-refractivity contribution < 1.29 is 17.9 Å². The van der Waals surface area contributed by atoms with Crippen LogP contribution in [-0.4, -0.2) is 7.11 Å². The largest absolute Gasteiger partial charge is 0.494 e. The van der Waals surface area contributed by atoms with Crippen LogP contribution in [0.1, 0.15) is 5.56 Å². The van der Waals surface area contributed by atoms with Gasteiger partial charge in [0.25, 0.3) is 0 Å². The van der Waals surface area contributed by atoms with Gasteiger partial charge in [-0.15, -0.1) is 0 Å². The second kappa shape index (κ2) is 5.44. The minimum Gasteiger partial charge on any atom is -0.494 e. The minimum atomic E-state index is -1.55. The number of hydrogen-bond acceptors (Lipinski definition) is 3. The maximum absolute atomic E-state index is 13.6. The molecule has 0 aliphatic rings. The van der Waals surface area contributed by atoms with Crippen molar-refractivity contribution in [2.45, 2.75) is 0 Å². The fourth-order valence-electron chi connectivity index (χ4n) is 1.21. The van der Waals surface area contributed by atoms with Gasteiger partial charge in [0.05, 0.1) is 12.7 Å². The summed E-state index contributed by atoms with van der Waals surface area (Å²) in [6, 6.07) is 3.36. The highest BCUT2D eigenvalue weighted by atomic mass is 35.5. The molecule has 0 N–H and O–H groups in total. The summed E-state index contributed by atoms with van der Waals surface area (Å²) in [6.07, 6.45) is 0. The molecule has 0 unspecified atom stereocenters. The van der Waals surface area contributed by atoms with Gasteiger partial charge in [-0.3, -0.25) is 0 Å². The van der Waals surface area contributed by atoms with Gasteiger partial charge in [0.2, 0.25) is 0 Å². The van der Waals surface area contributed by atoms with E-state index in [1.54, 1.807) is 0 Å². The van der Waals surface area contributed by atoms with Crippen LogP contribution in [0, 0.1) is 40.1 Å². The number of methoxy groups -OCH3 is 1. The lowest BCUT2D eigenvalue weighted by molar-refractivity contribution is 0.364. The molecule has 0 spiro atoms. The Bertz CT molecular complexity index is 598. The lowest BCUT2D eigenvalue weighted by Crippen LogP contribution is -2.00. The third-order valence-corrected chi connectivity index (χ3v) is 2.33. The number of nitriles is 2. The molecule has 0 fully saturated rings. The molecule has 7 heteroatoms. The molecule has 0 atom stereocenters. The molecular formula is C11H4ClF3N2O. The first-order valence-electron chi connectivity index (χ1n) is 4.39. The average molecular weight is 273 g/mol. The van der Waals surface area contributed by atoms with Gasteiger partial charge < -0.3 is 4.74 Å². The molecule has 0 amide bonds. The fourth-order valence-corrected chi connectivity index (χ4v) is 1.40. The number of halogens is 4. The van der Waals surface area contributed by atoms with Gasteiger partial charge >= 0.3 is 0 Å². The van der Waals surface area contributed by atoms with Crippen molar-refractivity contribution in [2.24, 2.45) is 0 Å². The van der Waals surface area contributed by atoms with Gasteiger partial charge in [0.15, 0.2) is 28.8 Å².